The molecule has 1 aromatic rings. The Labute approximate surface area is 110 Å². The molecule has 0 aliphatic heterocycles. The summed E-state index contributed by atoms with van der Waals surface area (Å²) in [7, 11) is 1.54. The van der Waals surface area contributed by atoms with Crippen molar-refractivity contribution in [1.29, 1.82) is 0 Å². The summed E-state index contributed by atoms with van der Waals surface area (Å²) in [4.78, 5) is 26.6. The minimum Gasteiger partial charge on any atom is -0.397 e. The smallest absolute Gasteiger partial charge is 0.252 e. The van der Waals surface area contributed by atoms with Gasteiger partial charge in [-0.15, -0.1) is 0 Å². The van der Waals surface area contributed by atoms with Gasteiger partial charge in [-0.3, -0.25) is 9.59 Å². The SMILES string of the molecule is COCCNC(=O)CNc1ncc(N)cc1C(N)=O. The van der Waals surface area contributed by atoms with Gasteiger partial charge in [0, 0.05) is 13.7 Å². The van der Waals surface area contributed by atoms with Crippen LogP contribution in [0.15, 0.2) is 12.3 Å². The summed E-state index contributed by atoms with van der Waals surface area (Å²) >= 11 is 0. The fourth-order valence-electron chi connectivity index (χ4n) is 1.33. The molecule has 1 aromatic heterocycles. The zero-order valence-electron chi connectivity index (χ0n) is 10.6. The van der Waals surface area contributed by atoms with Crippen LogP contribution >= 0.6 is 0 Å². The number of rotatable bonds is 7. The Bertz CT molecular complexity index is 464. The highest BCUT2D eigenvalue weighted by Crippen LogP contribution is 2.14. The van der Waals surface area contributed by atoms with Gasteiger partial charge in [0.2, 0.25) is 5.91 Å². The van der Waals surface area contributed by atoms with Crippen molar-refractivity contribution in [3.63, 3.8) is 0 Å². The maximum absolute atomic E-state index is 11.4. The molecule has 8 nitrogen and oxygen atoms in total. The van der Waals surface area contributed by atoms with E-state index in [1.54, 1.807) is 7.11 Å². The summed E-state index contributed by atoms with van der Waals surface area (Å²) in [5.74, 6) is -0.684. The van der Waals surface area contributed by atoms with E-state index in [2.05, 4.69) is 15.6 Å². The largest absolute Gasteiger partial charge is 0.397 e. The fraction of sp³-hybridized carbons (Fsp3) is 0.364. The van der Waals surface area contributed by atoms with Crippen molar-refractivity contribution < 1.29 is 14.3 Å². The van der Waals surface area contributed by atoms with E-state index in [4.69, 9.17) is 16.2 Å². The van der Waals surface area contributed by atoms with Gasteiger partial charge in [0.1, 0.15) is 5.82 Å². The van der Waals surface area contributed by atoms with Gasteiger partial charge < -0.3 is 26.8 Å². The average Bonchev–Trinajstić information content (AvgIpc) is 2.37. The van der Waals surface area contributed by atoms with Crippen molar-refractivity contribution in [3.05, 3.63) is 17.8 Å². The molecule has 1 heterocycles. The number of aromatic nitrogens is 1. The molecule has 0 atom stereocenters. The van der Waals surface area contributed by atoms with E-state index >= 15 is 0 Å². The number of primary amides is 1. The third-order valence-corrected chi connectivity index (χ3v) is 2.22. The zero-order valence-corrected chi connectivity index (χ0v) is 10.6. The van der Waals surface area contributed by atoms with Crippen LogP contribution in [0.4, 0.5) is 11.5 Å². The van der Waals surface area contributed by atoms with Crippen LogP contribution < -0.4 is 22.1 Å². The highest BCUT2D eigenvalue weighted by molar-refractivity contribution is 5.98. The van der Waals surface area contributed by atoms with Crippen LogP contribution in [-0.2, 0) is 9.53 Å². The summed E-state index contributed by atoms with van der Waals surface area (Å²) in [6.07, 6.45) is 1.37. The molecular formula is C11H17N5O3. The van der Waals surface area contributed by atoms with Crippen molar-refractivity contribution in [3.8, 4) is 0 Å². The maximum Gasteiger partial charge on any atom is 0.252 e. The van der Waals surface area contributed by atoms with Gasteiger partial charge in [0.25, 0.3) is 5.91 Å². The summed E-state index contributed by atoms with van der Waals surface area (Å²) in [5.41, 5.74) is 11.2. The first-order chi connectivity index (χ1) is 9.04. The van der Waals surface area contributed by atoms with Crippen LogP contribution in [0.1, 0.15) is 10.4 Å². The number of pyridine rings is 1. The number of nitrogen functional groups attached to an aromatic ring is 1. The van der Waals surface area contributed by atoms with E-state index in [-0.39, 0.29) is 23.8 Å². The maximum atomic E-state index is 11.4. The molecule has 19 heavy (non-hydrogen) atoms. The molecule has 0 aliphatic rings. The molecule has 2 amide bonds. The molecule has 1 rings (SSSR count). The number of carbonyl (C=O) groups is 2. The van der Waals surface area contributed by atoms with Crippen LogP contribution in [-0.4, -0.2) is 43.6 Å². The number of nitrogens with one attached hydrogen (secondary N) is 2. The molecule has 104 valence electrons. The second kappa shape index (κ2) is 7.17. The number of nitrogens with zero attached hydrogens (tertiary/aromatic N) is 1. The van der Waals surface area contributed by atoms with Crippen molar-refractivity contribution in [2.75, 3.05) is 37.9 Å². The van der Waals surface area contributed by atoms with Crippen molar-refractivity contribution >= 4 is 23.3 Å². The normalized spacial score (nSPS) is 9.95. The van der Waals surface area contributed by atoms with E-state index in [1.165, 1.54) is 12.3 Å². The lowest BCUT2D eigenvalue weighted by atomic mass is 10.2. The number of anilines is 2. The van der Waals surface area contributed by atoms with Crippen LogP contribution in [0.2, 0.25) is 0 Å². The lowest BCUT2D eigenvalue weighted by Crippen LogP contribution is -2.32. The summed E-state index contributed by atoms with van der Waals surface area (Å²) < 4.78 is 4.80. The third-order valence-electron chi connectivity index (χ3n) is 2.22. The lowest BCUT2D eigenvalue weighted by Gasteiger charge is -2.09. The lowest BCUT2D eigenvalue weighted by molar-refractivity contribution is -0.119. The monoisotopic (exact) mass is 267 g/mol. The minimum absolute atomic E-state index is 0.0269. The Balaban J connectivity index is 2.57. The molecular weight excluding hydrogens is 250 g/mol. The van der Waals surface area contributed by atoms with Gasteiger partial charge in [-0.2, -0.15) is 0 Å². The van der Waals surface area contributed by atoms with E-state index in [0.717, 1.165) is 0 Å². The van der Waals surface area contributed by atoms with E-state index in [9.17, 15) is 9.59 Å². The molecule has 0 bridgehead atoms. The number of amides is 2. The van der Waals surface area contributed by atoms with Gasteiger partial charge in [-0.25, -0.2) is 4.98 Å². The topological polar surface area (TPSA) is 132 Å². The van der Waals surface area contributed by atoms with E-state index in [0.29, 0.717) is 18.8 Å². The van der Waals surface area contributed by atoms with Crippen LogP contribution in [0, 0.1) is 0 Å². The highest BCUT2D eigenvalue weighted by Gasteiger charge is 2.11. The van der Waals surface area contributed by atoms with Crippen LogP contribution in [0.25, 0.3) is 0 Å². The van der Waals surface area contributed by atoms with Gasteiger partial charge in [0.15, 0.2) is 0 Å². The molecule has 0 aromatic carbocycles. The Morgan fingerprint density at radius 3 is 2.84 bits per heavy atom. The van der Waals surface area contributed by atoms with Crippen molar-refractivity contribution in [1.82, 2.24) is 10.3 Å². The predicted octanol–water partition coefficient (Wildman–Crippen LogP) is -1.06. The first-order valence-corrected chi connectivity index (χ1v) is 5.59. The fourth-order valence-corrected chi connectivity index (χ4v) is 1.33. The average molecular weight is 267 g/mol. The third kappa shape index (κ3) is 4.80. The Morgan fingerprint density at radius 1 is 1.47 bits per heavy atom. The summed E-state index contributed by atoms with van der Waals surface area (Å²) in [5, 5.41) is 5.35. The van der Waals surface area contributed by atoms with E-state index < -0.39 is 5.91 Å². The Hall–Kier alpha value is -2.35. The number of hydrogen-bond donors (Lipinski definition) is 4. The second-order valence-electron chi connectivity index (χ2n) is 3.73. The molecule has 0 aliphatic carbocycles. The summed E-state index contributed by atoms with van der Waals surface area (Å²) in [6.45, 7) is 0.814. The summed E-state index contributed by atoms with van der Waals surface area (Å²) in [6, 6.07) is 1.40. The predicted molar refractivity (Wildman–Crippen MR) is 70.5 cm³/mol. The number of methoxy groups -OCH3 is 1. The second-order valence-corrected chi connectivity index (χ2v) is 3.73. The van der Waals surface area contributed by atoms with Gasteiger partial charge in [-0.05, 0) is 6.07 Å². The Kier molecular flexibility index (Phi) is 5.55. The first kappa shape index (κ1) is 14.7. The molecule has 0 unspecified atom stereocenters. The number of ether oxygens (including phenoxy) is 1. The number of nitrogens with two attached hydrogens (primary N) is 2. The Morgan fingerprint density at radius 2 is 2.21 bits per heavy atom. The van der Waals surface area contributed by atoms with Crippen molar-refractivity contribution in [2.45, 2.75) is 0 Å². The standard InChI is InChI=1S/C11H17N5O3/c1-19-3-2-14-9(17)6-16-11-8(10(13)18)4-7(12)5-15-11/h4-5H,2-3,6,12H2,1H3,(H2,13,18)(H,14,17)(H,15,16). The van der Waals surface area contributed by atoms with Crippen molar-refractivity contribution in [2.24, 2.45) is 5.73 Å². The van der Waals surface area contributed by atoms with Crippen LogP contribution in [0.3, 0.4) is 0 Å². The van der Waals surface area contributed by atoms with Gasteiger partial charge >= 0.3 is 0 Å². The van der Waals surface area contributed by atoms with E-state index in [1.807, 2.05) is 0 Å². The van der Waals surface area contributed by atoms with Crippen LogP contribution in [0.5, 0.6) is 0 Å². The molecule has 0 fully saturated rings. The molecule has 0 saturated carbocycles. The highest BCUT2D eigenvalue weighted by atomic mass is 16.5. The molecule has 0 radical (unpaired) electrons. The molecule has 6 N–H and O–H groups in total. The first-order valence-electron chi connectivity index (χ1n) is 5.59. The number of hydrogen-bond acceptors (Lipinski definition) is 6. The zero-order chi connectivity index (χ0) is 14.3. The van der Waals surface area contributed by atoms with Gasteiger partial charge in [0.05, 0.1) is 30.6 Å². The molecule has 8 heteroatoms. The minimum atomic E-state index is -0.665. The quantitative estimate of drug-likeness (QED) is 0.465. The van der Waals surface area contributed by atoms with Gasteiger partial charge in [-0.1, -0.05) is 0 Å². The molecule has 0 spiro atoms. The molecule has 0 saturated heterocycles. The number of carbonyl (C=O) groups excluding carboxylic acids is 2.